The number of rotatable bonds is 28. The standard InChI is InChI=1S/C45H90N4O3Si/c1-44-23-22-38(50-29-16-24-46)33-37(44)34-41(51-30-17-25-47)43-39-21-20-36(45(39,2)42(35-40(43)44)52-31-18-26-48)19-12-14-28-49-27-13-10-8-6-7-9-11-15-32-53(3,4)5/h36-43,49H,6-35,46-48H2,1-5H3/t36?,37?,38-,39+,40+,41-,42+,43?,44+,45-/m1/s1. The zero-order chi connectivity index (χ0) is 38.2. The molecule has 0 aromatic heterocycles. The van der Waals surface area contributed by atoms with E-state index in [-0.39, 0.29) is 5.41 Å². The molecule has 7 N–H and O–H groups in total. The number of hydrogen-bond acceptors (Lipinski definition) is 7. The van der Waals surface area contributed by atoms with E-state index < -0.39 is 8.07 Å². The van der Waals surface area contributed by atoms with Crippen LogP contribution >= 0.6 is 0 Å². The fourth-order valence-electron chi connectivity index (χ4n) is 12.0. The first-order valence-corrected chi connectivity index (χ1v) is 26.9. The second kappa shape index (κ2) is 23.4. The Kier molecular flexibility index (Phi) is 20.1. The molecule has 0 heterocycles. The molecule has 0 saturated heterocycles. The van der Waals surface area contributed by atoms with Crippen LogP contribution in [0.15, 0.2) is 0 Å². The molecular weight excluding hydrogens is 673 g/mol. The molecule has 4 saturated carbocycles. The van der Waals surface area contributed by atoms with Crippen LogP contribution in [0.25, 0.3) is 0 Å². The third kappa shape index (κ3) is 13.2. The summed E-state index contributed by atoms with van der Waals surface area (Å²) < 4.78 is 20.4. The number of ether oxygens (including phenoxy) is 3. The van der Waals surface area contributed by atoms with Crippen LogP contribution in [0.5, 0.6) is 0 Å². The fourth-order valence-corrected chi connectivity index (χ4v) is 13.3. The molecule has 10 atom stereocenters. The van der Waals surface area contributed by atoms with Gasteiger partial charge in [0.2, 0.25) is 0 Å². The Morgan fingerprint density at radius 1 is 0.623 bits per heavy atom. The molecule has 4 fully saturated rings. The van der Waals surface area contributed by atoms with E-state index in [4.69, 9.17) is 31.4 Å². The maximum Gasteiger partial charge on any atom is 0.0637 e. The first-order chi connectivity index (χ1) is 25.6. The number of fused-ring (bicyclic) bond motifs is 5. The largest absolute Gasteiger partial charge is 0.378 e. The van der Waals surface area contributed by atoms with E-state index in [2.05, 4.69) is 38.8 Å². The van der Waals surface area contributed by atoms with Gasteiger partial charge in [-0.05, 0) is 157 Å². The Balaban J connectivity index is 1.28. The minimum Gasteiger partial charge on any atom is -0.378 e. The van der Waals surface area contributed by atoms with Gasteiger partial charge in [0.1, 0.15) is 0 Å². The summed E-state index contributed by atoms with van der Waals surface area (Å²) in [6, 6.07) is 1.50. The molecule has 0 amide bonds. The lowest BCUT2D eigenvalue weighted by atomic mass is 9.43. The molecule has 0 radical (unpaired) electrons. The van der Waals surface area contributed by atoms with Gasteiger partial charge in [-0.3, -0.25) is 0 Å². The molecule has 3 unspecified atom stereocenters. The van der Waals surface area contributed by atoms with Crippen molar-refractivity contribution in [1.82, 2.24) is 5.32 Å². The number of nitrogens with one attached hydrogen (secondary N) is 1. The van der Waals surface area contributed by atoms with E-state index in [1.54, 1.807) is 0 Å². The van der Waals surface area contributed by atoms with Gasteiger partial charge >= 0.3 is 0 Å². The molecule has 0 spiro atoms. The Labute approximate surface area is 329 Å². The zero-order valence-corrected chi connectivity index (χ0v) is 36.8. The van der Waals surface area contributed by atoms with Gasteiger partial charge in [0.05, 0.1) is 18.3 Å². The van der Waals surface area contributed by atoms with Gasteiger partial charge < -0.3 is 36.7 Å². The molecule has 0 bridgehead atoms. The SMILES string of the molecule is C[C@@]12C(CCCCNCCCCCCCCCC[Si](C)(C)C)CC[C@H]1C1[C@H](OCCCN)CC3C[C@H](OCCCN)CC[C@]3(C)[C@H]1C[C@@H]2OCCCN. The highest BCUT2D eigenvalue weighted by atomic mass is 28.3. The quantitative estimate of drug-likeness (QED) is 0.0464. The van der Waals surface area contributed by atoms with E-state index in [0.29, 0.717) is 67.0 Å². The summed E-state index contributed by atoms with van der Waals surface area (Å²) in [5.41, 5.74) is 18.3. The van der Waals surface area contributed by atoms with Crippen LogP contribution in [0.2, 0.25) is 25.7 Å². The van der Waals surface area contributed by atoms with E-state index in [0.717, 1.165) is 51.4 Å². The summed E-state index contributed by atoms with van der Waals surface area (Å²) in [4.78, 5) is 0. The molecule has 7 nitrogen and oxygen atoms in total. The molecule has 4 aliphatic rings. The average Bonchev–Trinajstić information content (AvgIpc) is 3.46. The van der Waals surface area contributed by atoms with Crippen molar-refractivity contribution in [2.24, 2.45) is 57.6 Å². The summed E-state index contributed by atoms with van der Waals surface area (Å²) >= 11 is 0. The fraction of sp³-hybridized carbons (Fsp3) is 1.00. The lowest BCUT2D eigenvalue weighted by molar-refractivity contribution is -0.225. The van der Waals surface area contributed by atoms with Crippen molar-refractivity contribution < 1.29 is 14.2 Å². The Bertz CT molecular complexity index is 984. The molecule has 4 rings (SSSR count). The van der Waals surface area contributed by atoms with Crippen LogP contribution in [0.1, 0.15) is 149 Å². The van der Waals surface area contributed by atoms with Crippen molar-refractivity contribution in [3.8, 4) is 0 Å². The van der Waals surface area contributed by atoms with Gasteiger partial charge in [-0.15, -0.1) is 0 Å². The van der Waals surface area contributed by atoms with Gasteiger partial charge in [-0.25, -0.2) is 0 Å². The maximum atomic E-state index is 7.02. The van der Waals surface area contributed by atoms with Gasteiger partial charge in [0.15, 0.2) is 0 Å². The highest BCUT2D eigenvalue weighted by Crippen LogP contribution is 2.69. The summed E-state index contributed by atoms with van der Waals surface area (Å²) in [5.74, 6) is 3.28. The van der Waals surface area contributed by atoms with Crippen molar-refractivity contribution in [3.05, 3.63) is 0 Å². The summed E-state index contributed by atoms with van der Waals surface area (Å²) in [6.45, 7) is 19.7. The highest BCUT2D eigenvalue weighted by Gasteiger charge is 2.66. The third-order valence-corrected chi connectivity index (χ3v) is 17.0. The molecule has 0 aromatic carbocycles. The minimum atomic E-state index is -0.840. The molecule has 0 aromatic rings. The van der Waals surface area contributed by atoms with Crippen LogP contribution < -0.4 is 22.5 Å². The average molecular weight is 763 g/mol. The van der Waals surface area contributed by atoms with Crippen molar-refractivity contribution in [2.75, 3.05) is 52.5 Å². The van der Waals surface area contributed by atoms with Crippen LogP contribution in [0.4, 0.5) is 0 Å². The van der Waals surface area contributed by atoms with Crippen LogP contribution in [-0.4, -0.2) is 78.9 Å². The lowest BCUT2D eigenvalue weighted by Gasteiger charge is -2.64. The van der Waals surface area contributed by atoms with Crippen molar-refractivity contribution >= 4 is 8.07 Å². The Morgan fingerprint density at radius 3 is 1.89 bits per heavy atom. The highest BCUT2D eigenvalue weighted by molar-refractivity contribution is 6.76. The van der Waals surface area contributed by atoms with Crippen LogP contribution in [-0.2, 0) is 14.2 Å². The van der Waals surface area contributed by atoms with Gasteiger partial charge in [-0.1, -0.05) is 90.9 Å². The number of hydrogen-bond donors (Lipinski definition) is 4. The molecule has 0 aliphatic heterocycles. The van der Waals surface area contributed by atoms with Crippen molar-refractivity contribution in [2.45, 2.75) is 193 Å². The van der Waals surface area contributed by atoms with E-state index in [9.17, 15) is 0 Å². The molecular formula is C45H90N4O3Si. The number of unbranched alkanes of at least 4 members (excludes halogenated alkanes) is 8. The molecule has 53 heavy (non-hydrogen) atoms. The normalized spacial score (nSPS) is 34.2. The van der Waals surface area contributed by atoms with E-state index in [1.807, 2.05) is 0 Å². The van der Waals surface area contributed by atoms with Crippen molar-refractivity contribution in [1.29, 1.82) is 0 Å². The van der Waals surface area contributed by atoms with Gasteiger partial charge in [0, 0.05) is 27.9 Å². The minimum absolute atomic E-state index is 0.207. The Morgan fingerprint density at radius 2 is 1.23 bits per heavy atom. The predicted molar refractivity (Wildman–Crippen MR) is 228 cm³/mol. The maximum absolute atomic E-state index is 7.02. The number of nitrogens with two attached hydrogens (primary N) is 3. The summed E-state index contributed by atoms with van der Waals surface area (Å²) in [6.07, 6.45) is 27.8. The van der Waals surface area contributed by atoms with E-state index >= 15 is 0 Å². The Hall–Kier alpha value is -0.0631. The molecule has 8 heteroatoms. The first kappa shape index (κ1) is 45.6. The topological polar surface area (TPSA) is 118 Å². The molecule has 4 aliphatic carbocycles. The zero-order valence-electron chi connectivity index (χ0n) is 35.8. The molecule has 312 valence electrons. The second-order valence-corrected chi connectivity index (χ2v) is 25.6. The van der Waals surface area contributed by atoms with Crippen LogP contribution in [0.3, 0.4) is 0 Å². The van der Waals surface area contributed by atoms with E-state index in [1.165, 1.54) is 128 Å². The van der Waals surface area contributed by atoms with Crippen molar-refractivity contribution in [3.63, 3.8) is 0 Å². The predicted octanol–water partition coefficient (Wildman–Crippen LogP) is 9.29. The summed E-state index contributed by atoms with van der Waals surface area (Å²) in [7, 11) is -0.840. The third-order valence-electron chi connectivity index (χ3n) is 15.1. The smallest absolute Gasteiger partial charge is 0.0637 e. The summed E-state index contributed by atoms with van der Waals surface area (Å²) in [5, 5.41) is 3.80. The lowest BCUT2D eigenvalue weighted by Crippen LogP contribution is -2.63. The van der Waals surface area contributed by atoms with Crippen LogP contribution in [0, 0.1) is 40.4 Å². The van der Waals surface area contributed by atoms with Gasteiger partial charge in [-0.2, -0.15) is 0 Å². The first-order valence-electron chi connectivity index (χ1n) is 23.2. The monoisotopic (exact) mass is 763 g/mol. The second-order valence-electron chi connectivity index (χ2n) is 20.0. The van der Waals surface area contributed by atoms with Gasteiger partial charge in [0.25, 0.3) is 0 Å².